The fourth-order valence-corrected chi connectivity index (χ4v) is 2.78. The first kappa shape index (κ1) is 15.3. The van der Waals surface area contributed by atoms with Crippen molar-refractivity contribution in [3.63, 3.8) is 0 Å². The van der Waals surface area contributed by atoms with E-state index in [0.717, 1.165) is 26.2 Å². The van der Waals surface area contributed by atoms with Crippen molar-refractivity contribution in [3.05, 3.63) is 42.4 Å². The number of aromatic nitrogens is 4. The first-order valence-electron chi connectivity index (χ1n) is 7.88. The molecule has 1 saturated heterocycles. The second-order valence-corrected chi connectivity index (χ2v) is 5.59. The van der Waals surface area contributed by atoms with Gasteiger partial charge in [0, 0.05) is 38.6 Å². The lowest BCUT2D eigenvalue weighted by molar-refractivity contribution is 0.215. The third-order valence-corrected chi connectivity index (χ3v) is 4.03. The summed E-state index contributed by atoms with van der Waals surface area (Å²) in [5.74, 6) is 2.24. The van der Waals surface area contributed by atoms with Crippen LogP contribution in [0, 0.1) is 11.3 Å². The standard InChI is InChI=1S/C16H15N7O2/c17-10-12-16(19-4-3-18-12)23-7-5-22(6-8-23)11-14-20-15(21-25-14)13-2-1-9-24-13/h1-4,9H,5-8,11H2. The molecule has 0 aliphatic carbocycles. The molecule has 4 rings (SSSR count). The van der Waals surface area contributed by atoms with E-state index in [4.69, 9.17) is 14.2 Å². The first-order chi connectivity index (χ1) is 12.3. The summed E-state index contributed by atoms with van der Waals surface area (Å²) in [4.78, 5) is 17.0. The van der Waals surface area contributed by atoms with Gasteiger partial charge in [0.05, 0.1) is 12.8 Å². The Morgan fingerprint density at radius 1 is 1.16 bits per heavy atom. The van der Waals surface area contributed by atoms with Crippen LogP contribution in [0.25, 0.3) is 11.6 Å². The van der Waals surface area contributed by atoms with Crippen molar-refractivity contribution in [3.8, 4) is 17.7 Å². The molecule has 0 spiro atoms. The summed E-state index contributed by atoms with van der Waals surface area (Å²) in [6, 6.07) is 5.67. The average Bonchev–Trinajstić information content (AvgIpc) is 3.34. The Morgan fingerprint density at radius 2 is 2.00 bits per heavy atom. The number of hydrogen-bond donors (Lipinski definition) is 0. The minimum Gasteiger partial charge on any atom is -0.461 e. The predicted octanol–water partition coefficient (Wildman–Crippen LogP) is 1.31. The van der Waals surface area contributed by atoms with Crippen molar-refractivity contribution < 1.29 is 8.94 Å². The van der Waals surface area contributed by atoms with Crippen molar-refractivity contribution >= 4 is 5.82 Å². The van der Waals surface area contributed by atoms with Gasteiger partial charge in [0.1, 0.15) is 6.07 Å². The zero-order valence-corrected chi connectivity index (χ0v) is 13.4. The summed E-state index contributed by atoms with van der Waals surface area (Å²) in [7, 11) is 0. The van der Waals surface area contributed by atoms with E-state index in [1.54, 1.807) is 24.6 Å². The average molecular weight is 337 g/mol. The van der Waals surface area contributed by atoms with Crippen LogP contribution in [-0.2, 0) is 6.54 Å². The van der Waals surface area contributed by atoms with Crippen molar-refractivity contribution in [1.82, 2.24) is 25.0 Å². The maximum Gasteiger partial charge on any atom is 0.241 e. The molecule has 126 valence electrons. The second-order valence-electron chi connectivity index (χ2n) is 5.59. The highest BCUT2D eigenvalue weighted by atomic mass is 16.5. The van der Waals surface area contributed by atoms with Crippen LogP contribution in [0.3, 0.4) is 0 Å². The SMILES string of the molecule is N#Cc1nccnc1N1CCN(Cc2nc(-c3ccco3)no2)CC1. The first-order valence-corrected chi connectivity index (χ1v) is 7.88. The molecule has 3 aromatic heterocycles. The third kappa shape index (κ3) is 3.20. The lowest BCUT2D eigenvalue weighted by Gasteiger charge is -2.34. The van der Waals surface area contributed by atoms with Crippen LogP contribution >= 0.6 is 0 Å². The summed E-state index contributed by atoms with van der Waals surface area (Å²) >= 11 is 0. The van der Waals surface area contributed by atoms with Gasteiger partial charge in [-0.25, -0.2) is 9.97 Å². The Balaban J connectivity index is 1.37. The molecule has 1 aliphatic rings. The smallest absolute Gasteiger partial charge is 0.241 e. The minimum absolute atomic E-state index is 0.357. The Kier molecular flexibility index (Phi) is 4.10. The lowest BCUT2D eigenvalue weighted by Crippen LogP contribution is -2.46. The molecule has 0 bridgehead atoms. The highest BCUT2D eigenvalue weighted by Crippen LogP contribution is 2.19. The van der Waals surface area contributed by atoms with Gasteiger partial charge >= 0.3 is 0 Å². The Bertz CT molecular complexity index is 876. The molecule has 0 amide bonds. The van der Waals surface area contributed by atoms with Crippen LogP contribution < -0.4 is 4.90 Å². The number of rotatable bonds is 4. The maximum absolute atomic E-state index is 9.15. The summed E-state index contributed by atoms with van der Waals surface area (Å²) in [6.07, 6.45) is 4.72. The highest BCUT2D eigenvalue weighted by molar-refractivity contribution is 5.49. The predicted molar refractivity (Wildman–Crippen MR) is 86.2 cm³/mol. The fraction of sp³-hybridized carbons (Fsp3) is 0.312. The molecule has 1 fully saturated rings. The van der Waals surface area contributed by atoms with E-state index >= 15 is 0 Å². The molecule has 0 saturated carbocycles. The maximum atomic E-state index is 9.15. The summed E-state index contributed by atoms with van der Waals surface area (Å²) in [5.41, 5.74) is 0.357. The molecule has 0 aromatic carbocycles. The van der Waals surface area contributed by atoms with Gasteiger partial charge in [-0.2, -0.15) is 10.2 Å². The van der Waals surface area contributed by atoms with Crippen LogP contribution in [0.15, 0.2) is 39.7 Å². The van der Waals surface area contributed by atoms with E-state index < -0.39 is 0 Å². The van der Waals surface area contributed by atoms with Gasteiger partial charge in [-0.1, -0.05) is 5.16 Å². The molecule has 0 atom stereocenters. The van der Waals surface area contributed by atoms with Crippen molar-refractivity contribution in [2.75, 3.05) is 31.1 Å². The van der Waals surface area contributed by atoms with Crippen LogP contribution in [-0.4, -0.2) is 51.2 Å². The summed E-state index contributed by atoms with van der Waals surface area (Å²) < 4.78 is 10.6. The number of nitriles is 1. The van der Waals surface area contributed by atoms with Crippen LogP contribution in [0.5, 0.6) is 0 Å². The normalized spacial score (nSPS) is 15.2. The topological polar surface area (TPSA) is 108 Å². The van der Waals surface area contributed by atoms with E-state index in [0.29, 0.717) is 35.5 Å². The zero-order valence-electron chi connectivity index (χ0n) is 13.4. The van der Waals surface area contributed by atoms with Crippen molar-refractivity contribution in [2.45, 2.75) is 6.54 Å². The van der Waals surface area contributed by atoms with Gasteiger partial charge in [0.25, 0.3) is 0 Å². The molecular weight excluding hydrogens is 322 g/mol. The zero-order chi connectivity index (χ0) is 17.1. The molecule has 0 N–H and O–H groups in total. The molecule has 9 heteroatoms. The summed E-state index contributed by atoms with van der Waals surface area (Å²) in [5, 5.41) is 13.1. The van der Waals surface area contributed by atoms with E-state index in [1.165, 1.54) is 6.20 Å². The molecule has 4 heterocycles. The van der Waals surface area contributed by atoms with Gasteiger partial charge in [-0.15, -0.1) is 0 Å². The molecule has 3 aromatic rings. The van der Waals surface area contributed by atoms with Gasteiger partial charge in [-0.05, 0) is 12.1 Å². The van der Waals surface area contributed by atoms with Crippen molar-refractivity contribution in [2.24, 2.45) is 0 Å². The lowest BCUT2D eigenvalue weighted by atomic mass is 10.3. The highest BCUT2D eigenvalue weighted by Gasteiger charge is 2.22. The Morgan fingerprint density at radius 3 is 2.76 bits per heavy atom. The van der Waals surface area contributed by atoms with Gasteiger partial charge < -0.3 is 13.8 Å². The van der Waals surface area contributed by atoms with Crippen LogP contribution in [0.2, 0.25) is 0 Å². The second kappa shape index (κ2) is 6.70. The number of piperazine rings is 1. The monoisotopic (exact) mass is 337 g/mol. The van der Waals surface area contributed by atoms with Crippen LogP contribution in [0.4, 0.5) is 5.82 Å². The number of furan rings is 1. The van der Waals surface area contributed by atoms with E-state index in [2.05, 4.69) is 36.0 Å². The molecule has 0 unspecified atom stereocenters. The number of nitrogens with zero attached hydrogens (tertiary/aromatic N) is 7. The van der Waals surface area contributed by atoms with Gasteiger partial charge in [0.15, 0.2) is 17.3 Å². The largest absolute Gasteiger partial charge is 0.461 e. The number of anilines is 1. The minimum atomic E-state index is 0.357. The molecule has 25 heavy (non-hydrogen) atoms. The molecule has 9 nitrogen and oxygen atoms in total. The third-order valence-electron chi connectivity index (χ3n) is 4.03. The van der Waals surface area contributed by atoms with E-state index in [9.17, 15) is 0 Å². The Hall–Kier alpha value is -3.25. The van der Waals surface area contributed by atoms with E-state index in [1.807, 2.05) is 0 Å². The Labute approximate surface area is 143 Å². The summed E-state index contributed by atoms with van der Waals surface area (Å²) in [6.45, 7) is 3.70. The molecular formula is C16H15N7O2. The van der Waals surface area contributed by atoms with Crippen LogP contribution in [0.1, 0.15) is 11.6 Å². The van der Waals surface area contributed by atoms with Crippen molar-refractivity contribution in [1.29, 1.82) is 5.26 Å². The molecule has 1 aliphatic heterocycles. The van der Waals surface area contributed by atoms with Gasteiger partial charge in [0.2, 0.25) is 11.7 Å². The molecule has 0 radical (unpaired) electrons. The fourth-order valence-electron chi connectivity index (χ4n) is 2.78. The van der Waals surface area contributed by atoms with E-state index in [-0.39, 0.29) is 0 Å². The van der Waals surface area contributed by atoms with Gasteiger partial charge in [-0.3, -0.25) is 4.90 Å². The quantitative estimate of drug-likeness (QED) is 0.696. The number of hydrogen-bond acceptors (Lipinski definition) is 9.